The van der Waals surface area contributed by atoms with Crippen LogP contribution in [-0.2, 0) is 6.18 Å². The fraction of sp³-hybridized carbons (Fsp3) is 0.400. The number of aromatic nitrogens is 2. The van der Waals surface area contributed by atoms with Crippen molar-refractivity contribution in [3.63, 3.8) is 0 Å². The van der Waals surface area contributed by atoms with Crippen molar-refractivity contribution in [2.75, 3.05) is 29.5 Å². The molecule has 0 radical (unpaired) electrons. The number of benzene rings is 1. The van der Waals surface area contributed by atoms with Crippen LogP contribution in [0.1, 0.15) is 23.1 Å². The lowest BCUT2D eigenvalue weighted by molar-refractivity contribution is -0.581. The Labute approximate surface area is 144 Å². The topological polar surface area (TPSA) is 60.1 Å². The Hall–Kier alpha value is -2.10. The zero-order valence-corrected chi connectivity index (χ0v) is 13.9. The zero-order valence-electron chi connectivity index (χ0n) is 13.1. The van der Waals surface area contributed by atoms with Gasteiger partial charge in [0.15, 0.2) is 0 Å². The molecule has 0 bridgehead atoms. The average molecular weight is 375 g/mol. The van der Waals surface area contributed by atoms with Crippen LogP contribution < -0.4 is 9.63 Å². The number of carbonyl (C=O) groups is 1. The number of nitrogens with zero attached hydrogens (tertiary/aromatic N) is 3. The van der Waals surface area contributed by atoms with Crippen molar-refractivity contribution in [3.8, 4) is 0 Å². The molecule has 3 rings (SSSR count). The zero-order chi connectivity index (χ0) is 18.4. The summed E-state index contributed by atoms with van der Waals surface area (Å²) in [5.74, 6) is -0.259. The summed E-state index contributed by atoms with van der Waals surface area (Å²) in [7, 11) is 0. The van der Waals surface area contributed by atoms with Gasteiger partial charge in [0.1, 0.15) is 11.3 Å². The van der Waals surface area contributed by atoms with E-state index >= 15 is 0 Å². The molecule has 0 aliphatic carbocycles. The standard InChI is InChI=1S/C15H13F4N3O2S/c1-8(23)13-14(15(17,18)19)20-10-6-9(16)11(7-12(10)22(13)24)21-2-4-25-5-3-21/h6-7H,2-5H2,1H3. The van der Waals surface area contributed by atoms with Gasteiger partial charge in [-0.3, -0.25) is 4.79 Å². The van der Waals surface area contributed by atoms with Crippen molar-refractivity contribution in [1.82, 2.24) is 4.98 Å². The van der Waals surface area contributed by atoms with Crippen LogP contribution in [0.4, 0.5) is 23.2 Å². The highest BCUT2D eigenvalue weighted by molar-refractivity contribution is 7.99. The number of hydrogen-bond donors (Lipinski definition) is 0. The normalized spacial score (nSPS) is 15.6. The van der Waals surface area contributed by atoms with Crippen LogP contribution in [0.15, 0.2) is 12.1 Å². The van der Waals surface area contributed by atoms with Gasteiger partial charge in [-0.1, -0.05) is 0 Å². The summed E-state index contributed by atoms with van der Waals surface area (Å²) in [6.45, 7) is 1.97. The molecule has 2 heterocycles. The highest BCUT2D eigenvalue weighted by atomic mass is 32.2. The molecule has 134 valence electrons. The first kappa shape index (κ1) is 17.7. The van der Waals surface area contributed by atoms with Gasteiger partial charge in [-0.15, -0.1) is 0 Å². The second-order valence-corrected chi connectivity index (χ2v) is 6.77. The Bertz CT molecular complexity index is 851. The number of hydrogen-bond acceptors (Lipinski definition) is 5. The number of ketones is 1. The smallest absolute Gasteiger partial charge is 0.440 e. The van der Waals surface area contributed by atoms with E-state index in [0.717, 1.165) is 30.6 Å². The molecule has 1 fully saturated rings. The van der Waals surface area contributed by atoms with Crippen molar-refractivity contribution >= 4 is 34.3 Å². The van der Waals surface area contributed by atoms with Crippen LogP contribution in [0.3, 0.4) is 0 Å². The molecule has 25 heavy (non-hydrogen) atoms. The molecule has 5 nitrogen and oxygen atoms in total. The van der Waals surface area contributed by atoms with Gasteiger partial charge < -0.3 is 10.1 Å². The van der Waals surface area contributed by atoms with Crippen molar-refractivity contribution in [3.05, 3.63) is 34.5 Å². The van der Waals surface area contributed by atoms with Crippen LogP contribution >= 0.6 is 11.8 Å². The molecule has 1 aliphatic rings. The minimum absolute atomic E-state index is 0.102. The molecular weight excluding hydrogens is 362 g/mol. The predicted molar refractivity (Wildman–Crippen MR) is 85.2 cm³/mol. The van der Waals surface area contributed by atoms with E-state index in [1.807, 2.05) is 0 Å². The number of carbonyl (C=O) groups excluding carboxylic acids is 1. The summed E-state index contributed by atoms with van der Waals surface area (Å²) in [5, 5.41) is 12.4. The molecule has 1 saturated heterocycles. The van der Waals surface area contributed by atoms with E-state index < -0.39 is 34.7 Å². The van der Waals surface area contributed by atoms with E-state index in [4.69, 9.17) is 0 Å². The summed E-state index contributed by atoms with van der Waals surface area (Å²) >= 11 is 1.70. The summed E-state index contributed by atoms with van der Waals surface area (Å²) in [5.41, 5.74) is -3.29. The van der Waals surface area contributed by atoms with Crippen LogP contribution in [0, 0.1) is 11.0 Å². The molecule has 1 aromatic heterocycles. The van der Waals surface area contributed by atoms with E-state index in [1.165, 1.54) is 0 Å². The average Bonchev–Trinajstić information content (AvgIpc) is 2.53. The summed E-state index contributed by atoms with van der Waals surface area (Å²) in [6.07, 6.45) is -5.00. The van der Waals surface area contributed by atoms with E-state index in [-0.39, 0.29) is 15.9 Å². The number of rotatable bonds is 2. The predicted octanol–water partition coefficient (Wildman–Crippen LogP) is 2.78. The molecule has 0 atom stereocenters. The molecule has 0 N–H and O–H groups in total. The molecule has 10 heteroatoms. The van der Waals surface area contributed by atoms with Crippen LogP contribution in [-0.4, -0.2) is 35.4 Å². The third-order valence-electron chi connectivity index (χ3n) is 3.88. The number of alkyl halides is 3. The number of thioether (sulfide) groups is 1. The molecule has 0 saturated carbocycles. The maximum Gasteiger partial charge on any atom is 0.440 e. The quantitative estimate of drug-likeness (QED) is 0.350. The Morgan fingerprint density at radius 2 is 1.96 bits per heavy atom. The van der Waals surface area contributed by atoms with E-state index in [1.54, 1.807) is 16.7 Å². The molecule has 0 amide bonds. The van der Waals surface area contributed by atoms with Gasteiger partial charge in [0, 0.05) is 43.7 Å². The van der Waals surface area contributed by atoms with Gasteiger partial charge in [-0.05, 0) is 0 Å². The number of anilines is 1. The van der Waals surface area contributed by atoms with E-state index in [9.17, 15) is 27.6 Å². The third kappa shape index (κ3) is 3.22. The third-order valence-corrected chi connectivity index (χ3v) is 4.82. The van der Waals surface area contributed by atoms with Crippen LogP contribution in [0.25, 0.3) is 11.0 Å². The fourth-order valence-electron chi connectivity index (χ4n) is 2.74. The van der Waals surface area contributed by atoms with Crippen molar-refractivity contribution in [2.24, 2.45) is 0 Å². The summed E-state index contributed by atoms with van der Waals surface area (Å²) in [6, 6.07) is 1.97. The second-order valence-electron chi connectivity index (χ2n) is 5.55. The number of fused-ring (bicyclic) bond motifs is 1. The first-order chi connectivity index (χ1) is 11.7. The van der Waals surface area contributed by atoms with E-state index in [0.29, 0.717) is 13.1 Å². The lowest BCUT2D eigenvalue weighted by Crippen LogP contribution is -2.39. The van der Waals surface area contributed by atoms with Crippen molar-refractivity contribution in [1.29, 1.82) is 0 Å². The van der Waals surface area contributed by atoms with Gasteiger partial charge in [-0.2, -0.15) is 29.7 Å². The van der Waals surface area contributed by atoms with Gasteiger partial charge in [0.25, 0.3) is 5.69 Å². The Morgan fingerprint density at radius 3 is 2.52 bits per heavy atom. The van der Waals surface area contributed by atoms with Crippen molar-refractivity contribution < 1.29 is 27.1 Å². The highest BCUT2D eigenvalue weighted by Crippen LogP contribution is 2.32. The van der Waals surface area contributed by atoms with Crippen LogP contribution in [0.5, 0.6) is 0 Å². The first-order valence-corrected chi connectivity index (χ1v) is 8.53. The first-order valence-electron chi connectivity index (χ1n) is 7.38. The fourth-order valence-corrected chi connectivity index (χ4v) is 3.64. The minimum Gasteiger partial charge on any atom is -0.618 e. The number of halogens is 4. The van der Waals surface area contributed by atoms with Gasteiger partial charge >= 0.3 is 6.18 Å². The van der Waals surface area contributed by atoms with Gasteiger partial charge in [0.05, 0.1) is 5.69 Å². The molecular formula is C15H13F4N3O2S. The van der Waals surface area contributed by atoms with Gasteiger partial charge in [0.2, 0.25) is 17.0 Å². The maximum atomic E-state index is 14.4. The Balaban J connectivity index is 2.26. The molecule has 2 aromatic rings. The lowest BCUT2D eigenvalue weighted by Gasteiger charge is -2.28. The van der Waals surface area contributed by atoms with Crippen LogP contribution in [0.2, 0.25) is 0 Å². The maximum absolute atomic E-state index is 14.4. The summed E-state index contributed by atoms with van der Waals surface area (Å²) in [4.78, 5) is 16.6. The molecule has 0 unspecified atom stereocenters. The lowest BCUT2D eigenvalue weighted by atomic mass is 10.1. The largest absolute Gasteiger partial charge is 0.618 e. The summed E-state index contributed by atoms with van der Waals surface area (Å²) < 4.78 is 53.6. The Kier molecular flexibility index (Phi) is 4.48. The second kappa shape index (κ2) is 6.32. The highest BCUT2D eigenvalue weighted by Gasteiger charge is 2.42. The van der Waals surface area contributed by atoms with Crippen molar-refractivity contribution in [2.45, 2.75) is 13.1 Å². The SMILES string of the molecule is CC(=O)c1c(C(F)(F)F)nc2cc(F)c(N3CCSCC3)cc2[n+]1[O-]. The molecule has 0 spiro atoms. The Morgan fingerprint density at radius 1 is 1.32 bits per heavy atom. The number of Topliss-reactive ketones (excluding diaryl/α,β-unsaturated/α-hetero) is 1. The van der Waals surface area contributed by atoms with Gasteiger partial charge in [-0.25, -0.2) is 9.37 Å². The van der Waals surface area contributed by atoms with E-state index in [2.05, 4.69) is 4.98 Å². The molecule has 1 aliphatic heterocycles. The monoisotopic (exact) mass is 375 g/mol. The molecule has 1 aromatic carbocycles. The minimum atomic E-state index is -5.00.